The summed E-state index contributed by atoms with van der Waals surface area (Å²) in [6, 6.07) is 8.29. The minimum Gasteiger partial charge on any atom is -0.294 e. The molecule has 1 heterocycles. The van der Waals surface area contributed by atoms with Crippen LogP contribution in [0.15, 0.2) is 62.5 Å². The minimum atomic E-state index is 0.140. The van der Waals surface area contributed by atoms with Crippen molar-refractivity contribution in [2.45, 2.75) is 38.0 Å². The van der Waals surface area contributed by atoms with E-state index in [9.17, 15) is 4.79 Å². The second kappa shape index (κ2) is 5.67. The van der Waals surface area contributed by atoms with Crippen molar-refractivity contribution in [3.8, 4) is 0 Å². The van der Waals surface area contributed by atoms with Gasteiger partial charge in [0.1, 0.15) is 0 Å². The number of para-hydroxylation sites is 1. The molecule has 3 aliphatic rings. The van der Waals surface area contributed by atoms with Crippen LogP contribution in [-0.2, 0) is 4.79 Å². The molecule has 4 heteroatoms. The molecule has 0 saturated heterocycles. The van der Waals surface area contributed by atoms with Crippen molar-refractivity contribution in [1.29, 1.82) is 0 Å². The summed E-state index contributed by atoms with van der Waals surface area (Å²) in [7, 11) is 0. The van der Waals surface area contributed by atoms with Crippen LogP contribution in [0.2, 0.25) is 0 Å². The molecule has 1 atom stereocenters. The fourth-order valence-electron chi connectivity index (χ4n) is 4.59. The standard InChI is InChI=1S/C22H21NOS2/c1-12-10-15-19(13(2)22(8-9-22)14(3)20(15)24)16(12)11-25-21-23-17-6-4-5-7-18(17)26-21/h4-7,10,14H,8-9,11H2,1-3H3/t14-/m1/s1. The maximum absolute atomic E-state index is 12.9. The highest BCUT2D eigenvalue weighted by molar-refractivity contribution is 8.01. The van der Waals surface area contributed by atoms with Gasteiger partial charge in [-0.15, -0.1) is 11.3 Å². The Bertz CT molecular complexity index is 1020. The summed E-state index contributed by atoms with van der Waals surface area (Å²) in [6.45, 7) is 6.54. The zero-order valence-corrected chi connectivity index (χ0v) is 16.9. The third-order valence-electron chi connectivity index (χ3n) is 6.42. The van der Waals surface area contributed by atoms with Gasteiger partial charge in [-0.25, -0.2) is 4.98 Å². The number of aromatic nitrogens is 1. The van der Waals surface area contributed by atoms with E-state index in [1.165, 1.54) is 39.8 Å². The molecular formula is C22H21NOS2. The fourth-order valence-corrected chi connectivity index (χ4v) is 6.77. The largest absolute Gasteiger partial charge is 0.294 e. The van der Waals surface area contributed by atoms with E-state index in [0.29, 0.717) is 5.78 Å². The predicted octanol–water partition coefficient (Wildman–Crippen LogP) is 5.96. The third kappa shape index (κ3) is 2.25. The zero-order valence-electron chi connectivity index (χ0n) is 15.3. The maximum Gasteiger partial charge on any atom is 0.167 e. The van der Waals surface area contributed by atoms with Crippen LogP contribution in [0.5, 0.6) is 0 Å². The Kier molecular flexibility index (Phi) is 3.60. The molecule has 1 aromatic heterocycles. The van der Waals surface area contributed by atoms with Gasteiger partial charge in [-0.05, 0) is 61.6 Å². The predicted molar refractivity (Wildman–Crippen MR) is 110 cm³/mol. The number of nitrogens with zero attached hydrogens (tertiary/aromatic N) is 1. The number of thioether (sulfide) groups is 1. The van der Waals surface area contributed by atoms with Crippen molar-refractivity contribution < 1.29 is 4.79 Å². The summed E-state index contributed by atoms with van der Waals surface area (Å²) in [4.78, 5) is 17.7. The smallest absolute Gasteiger partial charge is 0.167 e. The van der Waals surface area contributed by atoms with Crippen LogP contribution < -0.4 is 0 Å². The number of allylic oxidation sites excluding steroid dienone is 5. The highest BCUT2D eigenvalue weighted by Gasteiger charge is 2.56. The summed E-state index contributed by atoms with van der Waals surface area (Å²) in [5, 5.41) is 0. The first kappa shape index (κ1) is 16.5. The van der Waals surface area contributed by atoms with E-state index >= 15 is 0 Å². The molecule has 1 fully saturated rings. The number of carbonyl (C=O) groups is 1. The van der Waals surface area contributed by atoms with Crippen molar-refractivity contribution in [3.05, 3.63) is 58.2 Å². The van der Waals surface area contributed by atoms with Crippen molar-refractivity contribution in [2.75, 3.05) is 5.75 Å². The molecule has 0 radical (unpaired) electrons. The van der Waals surface area contributed by atoms with Crippen LogP contribution in [0.1, 0.15) is 33.6 Å². The number of carbonyl (C=O) groups excluding carboxylic acids is 1. The average molecular weight is 380 g/mol. The van der Waals surface area contributed by atoms with E-state index < -0.39 is 0 Å². The number of benzene rings is 1. The Labute approximate surface area is 162 Å². The number of Topliss-reactive ketones (excluding diaryl/α,β-unsaturated/α-hetero) is 1. The van der Waals surface area contributed by atoms with Crippen molar-refractivity contribution in [3.63, 3.8) is 0 Å². The molecule has 132 valence electrons. The Balaban J connectivity index is 1.47. The van der Waals surface area contributed by atoms with Crippen LogP contribution in [0.3, 0.4) is 0 Å². The quantitative estimate of drug-likeness (QED) is 0.616. The lowest BCUT2D eigenvalue weighted by atomic mass is 9.70. The van der Waals surface area contributed by atoms with Gasteiger partial charge in [-0.3, -0.25) is 4.79 Å². The lowest BCUT2D eigenvalue weighted by Crippen LogP contribution is -2.31. The molecule has 2 nitrogen and oxygen atoms in total. The van der Waals surface area contributed by atoms with E-state index in [1.807, 2.05) is 6.07 Å². The van der Waals surface area contributed by atoms with Gasteiger partial charge in [0, 0.05) is 22.7 Å². The van der Waals surface area contributed by atoms with Gasteiger partial charge in [0.05, 0.1) is 10.2 Å². The summed E-state index contributed by atoms with van der Waals surface area (Å²) in [5.41, 5.74) is 7.49. The molecule has 0 unspecified atom stereocenters. The van der Waals surface area contributed by atoms with Gasteiger partial charge in [0.15, 0.2) is 10.1 Å². The zero-order chi connectivity index (χ0) is 18.1. The Morgan fingerprint density at radius 2 is 2.04 bits per heavy atom. The van der Waals surface area contributed by atoms with Crippen LogP contribution >= 0.6 is 23.1 Å². The van der Waals surface area contributed by atoms with E-state index in [4.69, 9.17) is 4.98 Å². The van der Waals surface area contributed by atoms with Crippen molar-refractivity contribution in [1.82, 2.24) is 4.98 Å². The van der Waals surface area contributed by atoms with Gasteiger partial charge in [0.25, 0.3) is 0 Å². The molecule has 1 saturated carbocycles. The molecule has 5 rings (SSSR count). The highest BCUT2D eigenvalue weighted by atomic mass is 32.2. The SMILES string of the molecule is CC1=C(CSc2nc3ccccc3s2)C2=C(C)C3(CC3)[C@H](C)C(=O)C2=C1. The molecule has 0 amide bonds. The van der Waals surface area contributed by atoms with Crippen LogP contribution in [0, 0.1) is 11.3 Å². The van der Waals surface area contributed by atoms with Gasteiger partial charge in [0.2, 0.25) is 0 Å². The molecule has 0 bridgehead atoms. The van der Waals surface area contributed by atoms with Gasteiger partial charge < -0.3 is 0 Å². The number of thiazole rings is 1. The summed E-state index contributed by atoms with van der Waals surface area (Å²) >= 11 is 3.55. The summed E-state index contributed by atoms with van der Waals surface area (Å²) in [6.07, 6.45) is 4.46. The third-order valence-corrected chi connectivity index (χ3v) is 8.63. The second-order valence-electron chi connectivity index (χ2n) is 7.70. The van der Waals surface area contributed by atoms with Gasteiger partial charge in [-0.1, -0.05) is 36.4 Å². The molecule has 0 aliphatic heterocycles. The summed E-state index contributed by atoms with van der Waals surface area (Å²) in [5.74, 6) is 1.37. The first-order chi connectivity index (χ1) is 12.5. The van der Waals surface area contributed by atoms with Crippen molar-refractivity contribution >= 4 is 39.1 Å². The lowest BCUT2D eigenvalue weighted by molar-refractivity contribution is -0.120. The highest BCUT2D eigenvalue weighted by Crippen LogP contribution is 2.63. The topological polar surface area (TPSA) is 30.0 Å². The number of fused-ring (bicyclic) bond motifs is 2. The number of ketones is 1. The number of rotatable bonds is 3. The Morgan fingerprint density at radius 3 is 2.77 bits per heavy atom. The molecule has 0 N–H and O–H groups in total. The average Bonchev–Trinajstić information content (AvgIpc) is 3.22. The molecule has 26 heavy (non-hydrogen) atoms. The van der Waals surface area contributed by atoms with Crippen LogP contribution in [0.25, 0.3) is 10.2 Å². The monoisotopic (exact) mass is 379 g/mol. The minimum absolute atomic E-state index is 0.140. The first-order valence-corrected chi connectivity index (χ1v) is 11.0. The van der Waals surface area contributed by atoms with E-state index in [2.05, 4.69) is 45.0 Å². The van der Waals surface area contributed by atoms with E-state index in [-0.39, 0.29) is 11.3 Å². The van der Waals surface area contributed by atoms with Crippen LogP contribution in [0.4, 0.5) is 0 Å². The second-order valence-corrected chi connectivity index (χ2v) is 9.95. The first-order valence-electron chi connectivity index (χ1n) is 9.17. The van der Waals surface area contributed by atoms with Crippen LogP contribution in [-0.4, -0.2) is 16.5 Å². The molecule has 1 spiro atoms. The Morgan fingerprint density at radius 1 is 1.27 bits per heavy atom. The normalized spacial score (nSPS) is 23.9. The van der Waals surface area contributed by atoms with Crippen molar-refractivity contribution in [2.24, 2.45) is 11.3 Å². The molecule has 2 aromatic rings. The molecule has 1 aromatic carbocycles. The van der Waals surface area contributed by atoms with E-state index in [1.54, 1.807) is 23.1 Å². The van der Waals surface area contributed by atoms with E-state index in [0.717, 1.165) is 21.2 Å². The molecule has 3 aliphatic carbocycles. The number of hydrogen-bond acceptors (Lipinski definition) is 4. The lowest BCUT2D eigenvalue weighted by Gasteiger charge is -2.32. The summed E-state index contributed by atoms with van der Waals surface area (Å²) < 4.78 is 2.34. The van der Waals surface area contributed by atoms with Gasteiger partial charge >= 0.3 is 0 Å². The maximum atomic E-state index is 12.9. The van der Waals surface area contributed by atoms with Gasteiger partial charge in [-0.2, -0.15) is 0 Å². The molecular weight excluding hydrogens is 358 g/mol. The Hall–Kier alpha value is -1.65. The number of hydrogen-bond donors (Lipinski definition) is 0. The fraction of sp³-hybridized carbons (Fsp3) is 0.364.